The number of hydrogen-bond acceptors (Lipinski definition) is 3. The minimum Gasteiger partial charge on any atom is -0.383 e. The Morgan fingerprint density at radius 2 is 1.58 bits per heavy atom. The zero-order chi connectivity index (χ0) is 13.7. The second-order valence-electron chi connectivity index (χ2n) is 5.47. The van der Waals surface area contributed by atoms with Gasteiger partial charge in [0.15, 0.2) is 0 Å². The number of aryl methyl sites for hydroxylation is 2. The molecule has 1 aliphatic rings. The fraction of sp³-hybridized carbons (Fsp3) is 0.625. The summed E-state index contributed by atoms with van der Waals surface area (Å²) in [6.07, 6.45) is 0. The average Bonchev–Trinajstić information content (AvgIpc) is 2.43. The lowest BCUT2D eigenvalue weighted by Gasteiger charge is -2.34. The van der Waals surface area contributed by atoms with Gasteiger partial charge in [0, 0.05) is 45.0 Å². The highest BCUT2D eigenvalue weighted by molar-refractivity contribution is 5.56. The van der Waals surface area contributed by atoms with Crippen LogP contribution in [0.2, 0.25) is 0 Å². The largest absolute Gasteiger partial charge is 0.383 e. The maximum absolute atomic E-state index is 3.60. The molecule has 0 aromatic heterocycles. The van der Waals surface area contributed by atoms with Gasteiger partial charge < -0.3 is 10.2 Å². The molecule has 1 N–H and O–H groups in total. The third kappa shape index (κ3) is 3.95. The molecule has 0 spiro atoms. The van der Waals surface area contributed by atoms with Crippen molar-refractivity contribution in [3.63, 3.8) is 0 Å². The van der Waals surface area contributed by atoms with Gasteiger partial charge in [0.25, 0.3) is 0 Å². The van der Waals surface area contributed by atoms with E-state index in [4.69, 9.17) is 0 Å². The van der Waals surface area contributed by atoms with Gasteiger partial charge >= 0.3 is 0 Å². The van der Waals surface area contributed by atoms with Gasteiger partial charge in [0.05, 0.1) is 0 Å². The number of nitrogens with one attached hydrogen (secondary N) is 1. The molecular weight excluding hydrogens is 234 g/mol. The second-order valence-corrected chi connectivity index (χ2v) is 5.47. The van der Waals surface area contributed by atoms with Crippen LogP contribution in [-0.4, -0.2) is 55.6 Å². The number of likely N-dealkylation sites (N-methyl/N-ethyl adjacent to an activating group) is 1. The second kappa shape index (κ2) is 6.92. The lowest BCUT2D eigenvalue weighted by Crippen LogP contribution is -2.47. The lowest BCUT2D eigenvalue weighted by atomic mass is 10.1. The number of piperazine rings is 1. The van der Waals surface area contributed by atoms with Crippen molar-refractivity contribution >= 4 is 5.69 Å². The van der Waals surface area contributed by atoms with E-state index in [1.165, 1.54) is 49.5 Å². The first kappa shape index (κ1) is 14.4. The van der Waals surface area contributed by atoms with Crippen molar-refractivity contribution in [2.75, 3.05) is 51.1 Å². The van der Waals surface area contributed by atoms with Gasteiger partial charge in [-0.1, -0.05) is 25.1 Å². The van der Waals surface area contributed by atoms with Crippen LogP contribution >= 0.6 is 0 Å². The molecule has 0 saturated carbocycles. The van der Waals surface area contributed by atoms with Gasteiger partial charge in [-0.05, 0) is 31.5 Å². The van der Waals surface area contributed by atoms with E-state index in [0.717, 1.165) is 13.1 Å². The summed E-state index contributed by atoms with van der Waals surface area (Å²) in [6.45, 7) is 14.8. The fourth-order valence-corrected chi connectivity index (χ4v) is 2.76. The van der Waals surface area contributed by atoms with Crippen LogP contribution in [0.5, 0.6) is 0 Å². The van der Waals surface area contributed by atoms with Crippen LogP contribution in [0, 0.1) is 13.8 Å². The first-order valence-electron chi connectivity index (χ1n) is 7.45. The van der Waals surface area contributed by atoms with Crippen LogP contribution in [0.15, 0.2) is 18.2 Å². The minimum atomic E-state index is 1.04. The lowest BCUT2D eigenvalue weighted by molar-refractivity contribution is 0.141. The van der Waals surface area contributed by atoms with E-state index >= 15 is 0 Å². The van der Waals surface area contributed by atoms with Crippen LogP contribution in [0.4, 0.5) is 5.69 Å². The van der Waals surface area contributed by atoms with E-state index in [2.05, 4.69) is 54.1 Å². The van der Waals surface area contributed by atoms with Gasteiger partial charge in [-0.2, -0.15) is 0 Å². The topological polar surface area (TPSA) is 18.5 Å². The molecule has 1 aromatic rings. The molecule has 1 heterocycles. The molecule has 106 valence electrons. The molecule has 0 unspecified atom stereocenters. The first-order valence-corrected chi connectivity index (χ1v) is 7.45. The summed E-state index contributed by atoms with van der Waals surface area (Å²) in [6, 6.07) is 6.48. The molecule has 1 fully saturated rings. The molecule has 3 nitrogen and oxygen atoms in total. The monoisotopic (exact) mass is 261 g/mol. The molecule has 0 radical (unpaired) electrons. The van der Waals surface area contributed by atoms with Crippen LogP contribution < -0.4 is 5.32 Å². The van der Waals surface area contributed by atoms with Gasteiger partial charge in [-0.3, -0.25) is 4.90 Å². The Kier molecular flexibility index (Phi) is 5.23. The third-order valence-electron chi connectivity index (χ3n) is 4.12. The highest BCUT2D eigenvalue weighted by atomic mass is 15.3. The highest BCUT2D eigenvalue weighted by Gasteiger charge is 2.14. The maximum Gasteiger partial charge on any atom is 0.0400 e. The molecule has 19 heavy (non-hydrogen) atoms. The zero-order valence-corrected chi connectivity index (χ0v) is 12.6. The standard InChI is InChI=1S/C16H27N3/c1-4-18-10-12-19(13-11-18)9-8-17-16-14(2)6-5-7-15(16)3/h5-7,17H,4,8-13H2,1-3H3. The van der Waals surface area contributed by atoms with E-state index in [1.807, 2.05) is 0 Å². The van der Waals surface area contributed by atoms with E-state index in [1.54, 1.807) is 0 Å². The first-order chi connectivity index (χ1) is 9.20. The quantitative estimate of drug-likeness (QED) is 0.878. The van der Waals surface area contributed by atoms with Crippen molar-refractivity contribution in [3.8, 4) is 0 Å². The zero-order valence-electron chi connectivity index (χ0n) is 12.6. The van der Waals surface area contributed by atoms with Crippen molar-refractivity contribution < 1.29 is 0 Å². The highest BCUT2D eigenvalue weighted by Crippen LogP contribution is 2.18. The number of hydrogen-bond donors (Lipinski definition) is 1. The van der Waals surface area contributed by atoms with Gasteiger partial charge in [-0.25, -0.2) is 0 Å². The summed E-state index contributed by atoms with van der Waals surface area (Å²) >= 11 is 0. The molecule has 1 saturated heterocycles. The summed E-state index contributed by atoms with van der Waals surface area (Å²) in [7, 11) is 0. The molecule has 1 aromatic carbocycles. The van der Waals surface area contributed by atoms with Gasteiger partial charge in [0.2, 0.25) is 0 Å². The van der Waals surface area contributed by atoms with Crippen molar-refractivity contribution in [1.29, 1.82) is 0 Å². The summed E-state index contributed by atoms with van der Waals surface area (Å²) in [5.41, 5.74) is 4.00. The smallest absolute Gasteiger partial charge is 0.0400 e. The van der Waals surface area contributed by atoms with Crippen LogP contribution in [-0.2, 0) is 0 Å². The Bertz CT molecular complexity index is 375. The summed E-state index contributed by atoms with van der Waals surface area (Å²) in [5.74, 6) is 0. The van der Waals surface area contributed by atoms with Crippen molar-refractivity contribution in [3.05, 3.63) is 29.3 Å². The van der Waals surface area contributed by atoms with Crippen molar-refractivity contribution in [2.24, 2.45) is 0 Å². The fourth-order valence-electron chi connectivity index (χ4n) is 2.76. The Morgan fingerprint density at radius 1 is 1.00 bits per heavy atom. The van der Waals surface area contributed by atoms with Crippen LogP contribution in [0.1, 0.15) is 18.1 Å². The Labute approximate surface area is 117 Å². The molecular formula is C16H27N3. The molecule has 0 amide bonds. The van der Waals surface area contributed by atoms with E-state index in [0.29, 0.717) is 0 Å². The average molecular weight is 261 g/mol. The summed E-state index contributed by atoms with van der Waals surface area (Å²) in [5, 5.41) is 3.60. The van der Waals surface area contributed by atoms with Crippen molar-refractivity contribution in [2.45, 2.75) is 20.8 Å². The number of benzene rings is 1. The van der Waals surface area contributed by atoms with Crippen LogP contribution in [0.25, 0.3) is 0 Å². The predicted molar refractivity (Wildman–Crippen MR) is 83.0 cm³/mol. The number of rotatable bonds is 5. The number of nitrogens with zero attached hydrogens (tertiary/aromatic N) is 2. The van der Waals surface area contributed by atoms with E-state index in [9.17, 15) is 0 Å². The number of anilines is 1. The molecule has 0 bridgehead atoms. The van der Waals surface area contributed by atoms with Crippen molar-refractivity contribution in [1.82, 2.24) is 9.80 Å². The third-order valence-corrected chi connectivity index (χ3v) is 4.12. The molecule has 0 atom stereocenters. The molecule has 2 rings (SSSR count). The van der Waals surface area contributed by atoms with Crippen LogP contribution in [0.3, 0.4) is 0 Å². The minimum absolute atomic E-state index is 1.04. The number of para-hydroxylation sites is 1. The normalized spacial score (nSPS) is 17.6. The summed E-state index contributed by atoms with van der Waals surface area (Å²) in [4.78, 5) is 5.09. The molecule has 0 aliphatic carbocycles. The predicted octanol–water partition coefficient (Wildman–Crippen LogP) is 2.35. The molecule has 1 aliphatic heterocycles. The SMILES string of the molecule is CCN1CCN(CCNc2c(C)cccc2C)CC1. The molecule has 3 heteroatoms. The van der Waals surface area contributed by atoms with E-state index < -0.39 is 0 Å². The van der Waals surface area contributed by atoms with Gasteiger partial charge in [-0.15, -0.1) is 0 Å². The Hall–Kier alpha value is -1.06. The maximum atomic E-state index is 3.60. The van der Waals surface area contributed by atoms with E-state index in [-0.39, 0.29) is 0 Å². The Morgan fingerprint density at radius 3 is 2.16 bits per heavy atom. The summed E-state index contributed by atoms with van der Waals surface area (Å²) < 4.78 is 0. The van der Waals surface area contributed by atoms with Gasteiger partial charge in [0.1, 0.15) is 0 Å². The Balaban J connectivity index is 1.75.